The first-order chi connectivity index (χ1) is 12.6. The molecule has 1 N–H and O–H groups in total. The minimum atomic E-state index is -0.402. The van der Waals surface area contributed by atoms with Crippen molar-refractivity contribution in [2.24, 2.45) is 0 Å². The lowest BCUT2D eigenvalue weighted by atomic mass is 10.1. The minimum Gasteiger partial charge on any atom is -0.423 e. The number of benzene rings is 2. The molecule has 0 saturated carbocycles. The third-order valence-electron chi connectivity index (χ3n) is 4.27. The third-order valence-corrected chi connectivity index (χ3v) is 4.27. The van der Waals surface area contributed by atoms with Crippen molar-refractivity contribution in [3.05, 3.63) is 75.9 Å². The molecule has 0 bridgehead atoms. The Morgan fingerprint density at radius 3 is 2.65 bits per heavy atom. The van der Waals surface area contributed by atoms with Crippen LogP contribution in [0.1, 0.15) is 17.0 Å². The summed E-state index contributed by atoms with van der Waals surface area (Å²) >= 11 is 0. The number of nitrogens with zero attached hydrogens (tertiary/aromatic N) is 4. The van der Waals surface area contributed by atoms with E-state index in [1.807, 2.05) is 50.2 Å². The Balaban J connectivity index is 1.69. The van der Waals surface area contributed by atoms with E-state index in [-0.39, 0.29) is 0 Å². The predicted molar refractivity (Wildman–Crippen MR) is 98.4 cm³/mol. The van der Waals surface area contributed by atoms with E-state index < -0.39 is 5.63 Å². The van der Waals surface area contributed by atoms with Crippen LogP contribution in [0.15, 0.2) is 57.7 Å². The molecule has 26 heavy (non-hydrogen) atoms. The van der Waals surface area contributed by atoms with Crippen molar-refractivity contribution in [1.82, 2.24) is 20.2 Å². The van der Waals surface area contributed by atoms with Gasteiger partial charge in [-0.05, 0) is 47.5 Å². The highest BCUT2D eigenvalue weighted by molar-refractivity contribution is 5.89. The van der Waals surface area contributed by atoms with Crippen molar-refractivity contribution in [3.63, 3.8) is 0 Å². The zero-order valence-electron chi connectivity index (χ0n) is 14.4. The van der Waals surface area contributed by atoms with Gasteiger partial charge < -0.3 is 9.73 Å². The number of para-hydroxylation sites is 2. The van der Waals surface area contributed by atoms with Crippen LogP contribution in [-0.2, 0) is 6.54 Å². The molecule has 0 saturated heterocycles. The van der Waals surface area contributed by atoms with Crippen molar-refractivity contribution in [3.8, 4) is 5.69 Å². The van der Waals surface area contributed by atoms with Crippen molar-refractivity contribution >= 4 is 16.7 Å². The molecule has 0 radical (unpaired) electrons. The normalized spacial score (nSPS) is 11.0. The zero-order chi connectivity index (χ0) is 18.1. The van der Waals surface area contributed by atoms with E-state index in [2.05, 4.69) is 20.8 Å². The molecule has 2 aromatic heterocycles. The Morgan fingerprint density at radius 2 is 1.85 bits per heavy atom. The molecule has 0 aliphatic heterocycles. The van der Waals surface area contributed by atoms with Crippen LogP contribution in [0.3, 0.4) is 0 Å². The lowest BCUT2D eigenvalue weighted by Crippen LogP contribution is -2.12. The Hall–Kier alpha value is -3.48. The molecule has 4 aromatic rings. The largest absolute Gasteiger partial charge is 0.423 e. The Morgan fingerprint density at radius 1 is 1.08 bits per heavy atom. The van der Waals surface area contributed by atoms with E-state index >= 15 is 0 Å². The molecule has 0 amide bonds. The first-order valence-electron chi connectivity index (χ1n) is 8.24. The summed E-state index contributed by atoms with van der Waals surface area (Å²) in [5.74, 6) is 0.653. The molecule has 0 unspecified atom stereocenters. The topological polar surface area (TPSA) is 85.8 Å². The fourth-order valence-corrected chi connectivity index (χ4v) is 3.06. The lowest BCUT2D eigenvalue weighted by molar-refractivity contribution is 0.561. The summed E-state index contributed by atoms with van der Waals surface area (Å²) in [7, 11) is 0. The van der Waals surface area contributed by atoms with Gasteiger partial charge >= 0.3 is 5.63 Å². The highest BCUT2D eigenvalue weighted by atomic mass is 16.4. The van der Waals surface area contributed by atoms with Crippen LogP contribution < -0.4 is 10.9 Å². The molecule has 2 heterocycles. The maximum Gasteiger partial charge on any atom is 0.338 e. The molecule has 0 aliphatic rings. The van der Waals surface area contributed by atoms with E-state index in [9.17, 15) is 4.79 Å². The summed E-state index contributed by atoms with van der Waals surface area (Å²) in [5.41, 5.74) is 3.96. The van der Waals surface area contributed by atoms with Gasteiger partial charge in [-0.2, -0.15) is 4.68 Å². The fourth-order valence-electron chi connectivity index (χ4n) is 3.06. The number of fused-ring (bicyclic) bond motifs is 1. The van der Waals surface area contributed by atoms with Gasteiger partial charge in [-0.15, -0.1) is 5.10 Å². The zero-order valence-corrected chi connectivity index (χ0v) is 14.4. The fraction of sp³-hybridized carbons (Fsp3) is 0.158. The minimum absolute atomic E-state index is 0.369. The van der Waals surface area contributed by atoms with Gasteiger partial charge in [-0.3, -0.25) is 0 Å². The van der Waals surface area contributed by atoms with Crippen LogP contribution >= 0.6 is 0 Å². The lowest BCUT2D eigenvalue weighted by Gasteiger charge is -2.12. The third kappa shape index (κ3) is 2.83. The number of nitrogens with one attached hydrogen (secondary N) is 1. The molecule has 0 spiro atoms. The van der Waals surface area contributed by atoms with E-state index in [4.69, 9.17) is 4.42 Å². The summed E-state index contributed by atoms with van der Waals surface area (Å²) in [4.78, 5) is 11.8. The van der Waals surface area contributed by atoms with Crippen LogP contribution in [0, 0.1) is 13.8 Å². The molecule has 7 heteroatoms. The van der Waals surface area contributed by atoms with Crippen LogP contribution in [0.5, 0.6) is 0 Å². The molecule has 0 atom stereocenters. The second-order valence-corrected chi connectivity index (χ2v) is 6.08. The van der Waals surface area contributed by atoms with Crippen molar-refractivity contribution in [1.29, 1.82) is 0 Å². The van der Waals surface area contributed by atoms with Crippen LogP contribution in [0.4, 0.5) is 5.69 Å². The van der Waals surface area contributed by atoms with Gasteiger partial charge in [0.05, 0.1) is 17.9 Å². The summed E-state index contributed by atoms with van der Waals surface area (Å²) in [6.07, 6.45) is 0. The average molecular weight is 347 g/mol. The van der Waals surface area contributed by atoms with Crippen molar-refractivity contribution in [2.45, 2.75) is 20.4 Å². The maximum atomic E-state index is 11.8. The second-order valence-electron chi connectivity index (χ2n) is 6.08. The Bertz CT molecular complexity index is 1130. The van der Waals surface area contributed by atoms with Crippen molar-refractivity contribution in [2.75, 3.05) is 5.32 Å². The molecular weight excluding hydrogens is 330 g/mol. The molecule has 4 rings (SSSR count). The first-order valence-corrected chi connectivity index (χ1v) is 8.24. The Labute approximate surface area is 149 Å². The summed E-state index contributed by atoms with van der Waals surface area (Å²) in [6, 6.07) is 14.9. The maximum absolute atomic E-state index is 11.8. The van der Waals surface area contributed by atoms with Crippen molar-refractivity contribution < 1.29 is 4.42 Å². The summed E-state index contributed by atoms with van der Waals surface area (Å²) in [5, 5.41) is 16.2. The standard InChI is InChI=1S/C19H17N5O2/c1-12-6-5-7-13(2)19(12)24-17(21-22-23-24)11-20-15-10-18(25)26-16-9-4-3-8-14(15)16/h3-10,20H,11H2,1-2H3. The number of aromatic nitrogens is 4. The average Bonchev–Trinajstić information content (AvgIpc) is 3.07. The van der Waals surface area contributed by atoms with Gasteiger partial charge in [0.1, 0.15) is 5.58 Å². The van der Waals surface area contributed by atoms with Gasteiger partial charge in [0.15, 0.2) is 5.82 Å². The summed E-state index contributed by atoms with van der Waals surface area (Å²) < 4.78 is 6.95. The molecule has 0 aliphatic carbocycles. The van der Waals surface area contributed by atoms with Crippen LogP contribution in [0.2, 0.25) is 0 Å². The second kappa shape index (κ2) is 6.44. The van der Waals surface area contributed by atoms with Gasteiger partial charge in [-0.25, -0.2) is 4.79 Å². The number of anilines is 1. The number of tetrazole rings is 1. The molecule has 0 fully saturated rings. The molecule has 7 nitrogen and oxygen atoms in total. The van der Waals surface area contributed by atoms with Gasteiger partial charge in [0, 0.05) is 11.5 Å². The molecule has 2 aromatic carbocycles. The number of hydrogen-bond acceptors (Lipinski definition) is 6. The SMILES string of the molecule is Cc1cccc(C)c1-n1nnnc1CNc1cc(=O)oc2ccccc12. The number of hydrogen-bond donors (Lipinski definition) is 1. The van der Waals surface area contributed by atoms with Crippen LogP contribution in [-0.4, -0.2) is 20.2 Å². The van der Waals surface area contributed by atoms with Gasteiger partial charge in [0.2, 0.25) is 0 Å². The Kier molecular flexibility index (Phi) is 3.96. The van der Waals surface area contributed by atoms with Gasteiger partial charge in [-0.1, -0.05) is 30.3 Å². The van der Waals surface area contributed by atoms with E-state index in [1.165, 1.54) is 6.07 Å². The van der Waals surface area contributed by atoms with E-state index in [1.54, 1.807) is 10.7 Å². The smallest absolute Gasteiger partial charge is 0.338 e. The van der Waals surface area contributed by atoms with Crippen LogP contribution in [0.25, 0.3) is 16.7 Å². The monoisotopic (exact) mass is 347 g/mol. The highest BCUT2D eigenvalue weighted by Gasteiger charge is 2.13. The van der Waals surface area contributed by atoms with E-state index in [0.717, 1.165) is 22.2 Å². The quantitative estimate of drug-likeness (QED) is 0.571. The number of aryl methyl sites for hydroxylation is 2. The van der Waals surface area contributed by atoms with E-state index in [0.29, 0.717) is 23.6 Å². The summed E-state index contributed by atoms with van der Waals surface area (Å²) in [6.45, 7) is 4.42. The predicted octanol–water partition coefficient (Wildman–Crippen LogP) is 3.00. The number of rotatable bonds is 4. The van der Waals surface area contributed by atoms with Gasteiger partial charge in [0.25, 0.3) is 0 Å². The first kappa shape index (κ1) is 16.0. The molecule has 130 valence electrons. The molecular formula is C19H17N5O2. The highest BCUT2D eigenvalue weighted by Crippen LogP contribution is 2.22.